The van der Waals surface area contributed by atoms with Crippen LogP contribution in [-0.4, -0.2) is 4.57 Å². The van der Waals surface area contributed by atoms with Crippen molar-refractivity contribution >= 4 is 99.0 Å². The first-order chi connectivity index (χ1) is 57.0. The molecule has 0 aliphatic carbocycles. The van der Waals surface area contributed by atoms with Crippen molar-refractivity contribution in [3.05, 3.63) is 455 Å². The number of nitrogens with zero attached hydrogens (tertiary/aromatic N) is 3. The minimum Gasteiger partial charge on any atom is -0.310 e. The van der Waals surface area contributed by atoms with E-state index in [0.717, 1.165) is 101 Å². The Morgan fingerprint density at radius 2 is 0.435 bits per heavy atom. The number of rotatable bonds is 16. The predicted octanol–water partition coefficient (Wildman–Crippen LogP) is 31.3. The molecule has 20 aromatic carbocycles. The molecule has 0 spiro atoms. The zero-order chi connectivity index (χ0) is 76.1. The van der Waals surface area contributed by atoms with E-state index in [1.807, 2.05) is 0 Å². The van der Waals surface area contributed by atoms with Crippen LogP contribution < -0.4 is 9.80 Å². The summed E-state index contributed by atoms with van der Waals surface area (Å²) in [6, 6.07) is 167. The standard InChI is InChI=1S/C112H75N3/c1-5-23-76(24-6-1)79-49-60-90(61-50-79)113(91-62-51-80(52-63-91)77-25-7-2-8-26-77)112-75-89(59-69-100(112)84-29-11-4-12-30-84)98-39-22-42-103-102-41-20-37-96(105(102)71-72-106(98)103)86-47-45-78(46-48-86)81-53-64-92(65-54-81)114(93-66-55-82(56-67-93)87-32-19-33-94(73-87)115-109-43-17-15-35-107(109)108-36-16-18-44-110(108)115)111-74-88(58-68-99(111)83-27-9-3-10-28-83)97-38-21-40-101-95-34-14-13-31-85(95)57-70-104(97)101/h1-75H. The molecule has 0 atom stereocenters. The summed E-state index contributed by atoms with van der Waals surface area (Å²) >= 11 is 0. The number of anilines is 6. The van der Waals surface area contributed by atoms with Crippen LogP contribution in [-0.2, 0) is 0 Å². The van der Waals surface area contributed by atoms with E-state index in [4.69, 9.17) is 0 Å². The molecule has 0 N–H and O–H groups in total. The first-order valence-electron chi connectivity index (χ1n) is 39.6. The SMILES string of the molecule is c1ccc(-c2ccc(N(c3ccc(-c4ccccc4)cc3)c3cc(-c4cccc5c4ccc4c(-c6ccc(-c7ccc(N(c8ccc(-c9cccc(-n%10c%11ccccc%11c%11ccccc%11%10)c9)cc8)c8cc(-c9cccc%10c9ccc9ccccc9%10)ccc8-c8ccccc8)cc7)cc6)cccc45)ccc3-c3ccccc3)cc2)cc1. The Balaban J connectivity index is 0.634. The minimum absolute atomic E-state index is 1.05. The molecule has 3 heteroatoms. The smallest absolute Gasteiger partial charge is 0.0546 e. The van der Waals surface area contributed by atoms with E-state index < -0.39 is 0 Å². The highest BCUT2D eigenvalue weighted by molar-refractivity contribution is 6.17. The molecule has 0 aliphatic rings. The number of benzene rings is 20. The van der Waals surface area contributed by atoms with Crippen molar-refractivity contribution < 1.29 is 0 Å². The Kier molecular flexibility index (Phi) is 17.3. The fourth-order valence-electron chi connectivity index (χ4n) is 17.6. The summed E-state index contributed by atoms with van der Waals surface area (Å²) in [5, 5.41) is 12.3. The van der Waals surface area contributed by atoms with Gasteiger partial charge in [-0.25, -0.2) is 0 Å². The lowest BCUT2D eigenvalue weighted by atomic mass is 9.90. The zero-order valence-corrected chi connectivity index (χ0v) is 63.1. The Morgan fingerprint density at radius 3 is 0.870 bits per heavy atom. The van der Waals surface area contributed by atoms with Crippen molar-refractivity contribution in [2.45, 2.75) is 0 Å². The second kappa shape index (κ2) is 29.3. The van der Waals surface area contributed by atoms with E-state index >= 15 is 0 Å². The third kappa shape index (κ3) is 12.5. The van der Waals surface area contributed by atoms with Crippen molar-refractivity contribution in [2.24, 2.45) is 0 Å². The van der Waals surface area contributed by atoms with Gasteiger partial charge in [-0.3, -0.25) is 0 Å². The summed E-state index contributed by atoms with van der Waals surface area (Å²) in [5.41, 5.74) is 30.8. The molecule has 0 radical (unpaired) electrons. The van der Waals surface area contributed by atoms with Crippen molar-refractivity contribution in [1.29, 1.82) is 0 Å². The Bertz CT molecular complexity index is 7060. The molecule has 0 amide bonds. The molecule has 0 aliphatic heterocycles. The highest BCUT2D eigenvalue weighted by Gasteiger charge is 2.24. The van der Waals surface area contributed by atoms with Gasteiger partial charge in [0.25, 0.3) is 0 Å². The number of aromatic nitrogens is 1. The summed E-state index contributed by atoms with van der Waals surface area (Å²) in [6.45, 7) is 0. The van der Waals surface area contributed by atoms with Crippen LogP contribution in [0.4, 0.5) is 34.1 Å². The van der Waals surface area contributed by atoms with Gasteiger partial charge in [0.15, 0.2) is 0 Å². The van der Waals surface area contributed by atoms with E-state index in [1.54, 1.807) is 0 Å². The van der Waals surface area contributed by atoms with Crippen LogP contribution in [0.15, 0.2) is 455 Å². The van der Waals surface area contributed by atoms with Crippen LogP contribution in [0.25, 0.3) is 171 Å². The van der Waals surface area contributed by atoms with Gasteiger partial charge in [0.05, 0.1) is 22.4 Å². The molecule has 3 nitrogen and oxygen atoms in total. The van der Waals surface area contributed by atoms with Gasteiger partial charge in [-0.15, -0.1) is 0 Å². The molecule has 538 valence electrons. The highest BCUT2D eigenvalue weighted by Crippen LogP contribution is 2.49. The van der Waals surface area contributed by atoms with Gasteiger partial charge < -0.3 is 14.4 Å². The molecule has 0 saturated heterocycles. The number of para-hydroxylation sites is 2. The van der Waals surface area contributed by atoms with Gasteiger partial charge in [-0.05, 0) is 217 Å². The van der Waals surface area contributed by atoms with Gasteiger partial charge in [-0.2, -0.15) is 0 Å². The van der Waals surface area contributed by atoms with Crippen molar-refractivity contribution in [2.75, 3.05) is 9.80 Å². The van der Waals surface area contributed by atoms with Crippen LogP contribution in [0.5, 0.6) is 0 Å². The quantitative estimate of drug-likeness (QED) is 0.0894. The Hall–Kier alpha value is -15.2. The van der Waals surface area contributed by atoms with Crippen molar-refractivity contribution in [1.82, 2.24) is 4.57 Å². The summed E-state index contributed by atoms with van der Waals surface area (Å²) < 4.78 is 2.40. The van der Waals surface area contributed by atoms with E-state index in [1.165, 1.54) is 104 Å². The molecule has 21 rings (SSSR count). The molecular weight excluding hydrogens is 1390 g/mol. The average molecular weight is 1460 g/mol. The summed E-state index contributed by atoms with van der Waals surface area (Å²) in [7, 11) is 0. The van der Waals surface area contributed by atoms with Gasteiger partial charge >= 0.3 is 0 Å². The maximum absolute atomic E-state index is 2.46. The molecule has 115 heavy (non-hydrogen) atoms. The topological polar surface area (TPSA) is 11.4 Å². The third-order valence-corrected chi connectivity index (χ3v) is 23.2. The number of fused-ring (bicyclic) bond motifs is 9. The lowest BCUT2D eigenvalue weighted by Crippen LogP contribution is -2.11. The second-order valence-corrected chi connectivity index (χ2v) is 29.8. The van der Waals surface area contributed by atoms with Crippen LogP contribution in [0.3, 0.4) is 0 Å². The molecule has 0 unspecified atom stereocenters. The predicted molar refractivity (Wildman–Crippen MR) is 489 cm³/mol. The van der Waals surface area contributed by atoms with Crippen LogP contribution in [0.2, 0.25) is 0 Å². The molecule has 0 fully saturated rings. The average Bonchev–Trinajstić information content (AvgIpc) is 1.69. The van der Waals surface area contributed by atoms with E-state index in [0.29, 0.717) is 0 Å². The zero-order valence-electron chi connectivity index (χ0n) is 63.1. The fraction of sp³-hybridized carbons (Fsp3) is 0. The summed E-state index contributed by atoms with van der Waals surface area (Å²) in [5.74, 6) is 0. The van der Waals surface area contributed by atoms with Crippen molar-refractivity contribution in [3.8, 4) is 106 Å². The highest BCUT2D eigenvalue weighted by atomic mass is 15.2. The first kappa shape index (κ1) is 67.9. The Morgan fingerprint density at radius 1 is 0.148 bits per heavy atom. The van der Waals surface area contributed by atoms with Crippen molar-refractivity contribution in [3.63, 3.8) is 0 Å². The van der Waals surface area contributed by atoms with Crippen LogP contribution in [0, 0.1) is 0 Å². The van der Waals surface area contributed by atoms with E-state index in [-0.39, 0.29) is 0 Å². The monoisotopic (exact) mass is 1460 g/mol. The lowest BCUT2D eigenvalue weighted by molar-refractivity contribution is 1.18. The maximum Gasteiger partial charge on any atom is 0.0546 e. The summed E-state index contributed by atoms with van der Waals surface area (Å²) in [4.78, 5) is 4.89. The normalized spacial score (nSPS) is 11.5. The molecule has 1 heterocycles. The van der Waals surface area contributed by atoms with Gasteiger partial charge in [-0.1, -0.05) is 370 Å². The molecule has 0 saturated carbocycles. The molecular formula is C112H75N3. The minimum atomic E-state index is 1.05. The molecule has 21 aromatic rings. The molecule has 0 bridgehead atoms. The first-order valence-corrected chi connectivity index (χ1v) is 39.6. The molecule has 1 aromatic heterocycles. The summed E-state index contributed by atoms with van der Waals surface area (Å²) in [6.07, 6.45) is 0. The van der Waals surface area contributed by atoms with E-state index in [2.05, 4.69) is 469 Å². The fourth-order valence-corrected chi connectivity index (χ4v) is 17.6. The third-order valence-electron chi connectivity index (χ3n) is 23.2. The number of hydrogen-bond acceptors (Lipinski definition) is 2. The van der Waals surface area contributed by atoms with E-state index in [9.17, 15) is 0 Å². The lowest BCUT2D eigenvalue weighted by Gasteiger charge is -2.29. The van der Waals surface area contributed by atoms with Gasteiger partial charge in [0, 0.05) is 50.3 Å². The van der Waals surface area contributed by atoms with Crippen LogP contribution in [0.1, 0.15) is 0 Å². The van der Waals surface area contributed by atoms with Gasteiger partial charge in [0.2, 0.25) is 0 Å². The number of hydrogen-bond donors (Lipinski definition) is 0. The van der Waals surface area contributed by atoms with Gasteiger partial charge in [0.1, 0.15) is 0 Å². The second-order valence-electron chi connectivity index (χ2n) is 29.8. The largest absolute Gasteiger partial charge is 0.310 e. The Labute approximate surface area is 669 Å². The maximum atomic E-state index is 2.46. The van der Waals surface area contributed by atoms with Crippen LogP contribution >= 0.6 is 0 Å².